The van der Waals surface area contributed by atoms with Gasteiger partial charge in [0.2, 0.25) is 0 Å². The number of nitrogens with one attached hydrogen (secondary N) is 2. The molecule has 1 aromatic heterocycles. The lowest BCUT2D eigenvalue weighted by Crippen LogP contribution is -2.29. The van der Waals surface area contributed by atoms with Crippen LogP contribution in [-0.2, 0) is 4.79 Å². The summed E-state index contributed by atoms with van der Waals surface area (Å²) in [5, 5.41) is 13.4. The summed E-state index contributed by atoms with van der Waals surface area (Å²) in [5.41, 5.74) is -0.0556. The molecule has 0 saturated heterocycles. The number of aliphatic hydroxyl groups excluding tert-OH is 1. The minimum absolute atomic E-state index is 0.0556. The van der Waals surface area contributed by atoms with Crippen molar-refractivity contribution in [3.05, 3.63) is 18.3 Å². The number of alkyl halides is 3. The summed E-state index contributed by atoms with van der Waals surface area (Å²) >= 11 is 0. The van der Waals surface area contributed by atoms with E-state index in [0.29, 0.717) is 5.82 Å². The highest BCUT2D eigenvalue weighted by atomic mass is 19.4. The number of carbonyl (C=O) groups is 1. The molecular formula is C10H12F3N3O2. The number of hydrogen-bond acceptors (Lipinski definition) is 4. The zero-order chi connectivity index (χ0) is 13.8. The minimum atomic E-state index is -4.93. The summed E-state index contributed by atoms with van der Waals surface area (Å²) in [6, 6.07) is 2.68. The van der Waals surface area contributed by atoms with Gasteiger partial charge < -0.3 is 15.7 Å². The Balaban J connectivity index is 2.58. The monoisotopic (exact) mass is 263 g/mol. The van der Waals surface area contributed by atoms with Crippen LogP contribution in [-0.4, -0.2) is 34.8 Å². The Kier molecular flexibility index (Phi) is 4.49. The van der Waals surface area contributed by atoms with Gasteiger partial charge in [-0.25, -0.2) is 4.98 Å². The summed E-state index contributed by atoms with van der Waals surface area (Å²) < 4.78 is 35.9. The molecule has 0 fully saturated rings. The fraction of sp³-hybridized carbons (Fsp3) is 0.400. The number of pyridine rings is 1. The Morgan fingerprint density at radius 2 is 2.17 bits per heavy atom. The lowest BCUT2D eigenvalue weighted by Gasteiger charge is -2.09. The molecule has 0 radical (unpaired) electrons. The number of aromatic nitrogens is 1. The molecule has 1 heterocycles. The number of rotatable bonds is 4. The first-order chi connectivity index (χ1) is 8.29. The zero-order valence-electron chi connectivity index (χ0n) is 9.45. The molecule has 1 aromatic rings. The Hall–Kier alpha value is -1.83. The third-order valence-corrected chi connectivity index (χ3v) is 1.86. The molecule has 100 valence electrons. The molecule has 0 aliphatic heterocycles. The summed E-state index contributed by atoms with van der Waals surface area (Å²) in [4.78, 5) is 14.4. The first kappa shape index (κ1) is 14.2. The SMILES string of the molecule is CC(O)CNc1ccc(NC(=O)C(F)(F)F)cn1. The largest absolute Gasteiger partial charge is 0.471 e. The second kappa shape index (κ2) is 5.67. The lowest BCUT2D eigenvalue weighted by molar-refractivity contribution is -0.167. The van der Waals surface area contributed by atoms with Crippen LogP contribution < -0.4 is 10.6 Å². The molecule has 0 bridgehead atoms. The van der Waals surface area contributed by atoms with E-state index < -0.39 is 18.2 Å². The van der Waals surface area contributed by atoms with Crippen LogP contribution in [0.2, 0.25) is 0 Å². The topological polar surface area (TPSA) is 74.2 Å². The van der Waals surface area contributed by atoms with Crippen LogP contribution in [0.5, 0.6) is 0 Å². The van der Waals surface area contributed by atoms with E-state index in [9.17, 15) is 18.0 Å². The van der Waals surface area contributed by atoms with Crippen LogP contribution in [0.25, 0.3) is 0 Å². The van der Waals surface area contributed by atoms with Crippen molar-refractivity contribution < 1.29 is 23.1 Å². The quantitative estimate of drug-likeness (QED) is 0.767. The molecule has 5 nitrogen and oxygen atoms in total. The number of halogens is 3. The van der Waals surface area contributed by atoms with Gasteiger partial charge in [0, 0.05) is 6.54 Å². The average Bonchev–Trinajstić information content (AvgIpc) is 2.26. The number of carbonyl (C=O) groups excluding carboxylic acids is 1. The van der Waals surface area contributed by atoms with Crippen LogP contribution in [0.4, 0.5) is 24.7 Å². The lowest BCUT2D eigenvalue weighted by atomic mass is 10.3. The van der Waals surface area contributed by atoms with Crippen LogP contribution in [0, 0.1) is 0 Å². The fourth-order valence-electron chi connectivity index (χ4n) is 1.03. The second-order valence-corrected chi connectivity index (χ2v) is 3.61. The summed E-state index contributed by atoms with van der Waals surface area (Å²) in [5.74, 6) is -1.66. The van der Waals surface area contributed by atoms with Gasteiger partial charge in [-0.2, -0.15) is 13.2 Å². The van der Waals surface area contributed by atoms with Crippen molar-refractivity contribution in [2.45, 2.75) is 19.2 Å². The second-order valence-electron chi connectivity index (χ2n) is 3.61. The average molecular weight is 263 g/mol. The predicted molar refractivity (Wildman–Crippen MR) is 59.1 cm³/mol. The van der Waals surface area contributed by atoms with Gasteiger partial charge in [-0.05, 0) is 19.1 Å². The molecule has 18 heavy (non-hydrogen) atoms. The van der Waals surface area contributed by atoms with Gasteiger partial charge in [0.15, 0.2) is 0 Å². The van der Waals surface area contributed by atoms with Crippen LogP contribution in [0.3, 0.4) is 0 Å². The molecule has 1 unspecified atom stereocenters. The van der Waals surface area contributed by atoms with Gasteiger partial charge >= 0.3 is 12.1 Å². The minimum Gasteiger partial charge on any atom is -0.392 e. The highest BCUT2D eigenvalue weighted by Gasteiger charge is 2.38. The molecule has 8 heteroatoms. The first-order valence-electron chi connectivity index (χ1n) is 5.05. The molecule has 0 saturated carbocycles. The van der Waals surface area contributed by atoms with Crippen molar-refractivity contribution in [3.63, 3.8) is 0 Å². The summed E-state index contributed by atoms with van der Waals surface area (Å²) in [6.45, 7) is 1.84. The molecular weight excluding hydrogens is 251 g/mol. The Morgan fingerprint density at radius 3 is 2.61 bits per heavy atom. The number of nitrogens with zero attached hydrogens (tertiary/aromatic N) is 1. The van der Waals surface area contributed by atoms with Gasteiger partial charge in [-0.1, -0.05) is 0 Å². The number of aliphatic hydroxyl groups is 1. The van der Waals surface area contributed by atoms with Gasteiger partial charge in [0.05, 0.1) is 18.0 Å². The zero-order valence-corrected chi connectivity index (χ0v) is 9.45. The van der Waals surface area contributed by atoms with Crippen molar-refractivity contribution in [2.75, 3.05) is 17.2 Å². The van der Waals surface area contributed by atoms with E-state index in [1.165, 1.54) is 12.1 Å². The Morgan fingerprint density at radius 1 is 1.50 bits per heavy atom. The molecule has 1 rings (SSSR count). The Bertz CT molecular complexity index is 404. The maximum Gasteiger partial charge on any atom is 0.471 e. The number of anilines is 2. The van der Waals surface area contributed by atoms with Crippen LogP contribution in [0.1, 0.15) is 6.92 Å². The molecule has 1 amide bonds. The smallest absolute Gasteiger partial charge is 0.392 e. The maximum absolute atomic E-state index is 12.0. The normalized spacial score (nSPS) is 12.9. The molecule has 1 atom stereocenters. The van der Waals surface area contributed by atoms with Gasteiger partial charge in [-0.3, -0.25) is 4.79 Å². The van der Waals surface area contributed by atoms with Crippen molar-refractivity contribution in [2.24, 2.45) is 0 Å². The third-order valence-electron chi connectivity index (χ3n) is 1.86. The van der Waals surface area contributed by atoms with E-state index >= 15 is 0 Å². The van der Waals surface area contributed by atoms with Gasteiger partial charge in [0.25, 0.3) is 0 Å². The highest BCUT2D eigenvalue weighted by Crippen LogP contribution is 2.18. The summed E-state index contributed by atoms with van der Waals surface area (Å²) in [7, 11) is 0. The van der Waals surface area contributed by atoms with E-state index in [2.05, 4.69) is 10.3 Å². The molecule has 3 N–H and O–H groups in total. The van der Waals surface area contributed by atoms with Crippen molar-refractivity contribution in [1.82, 2.24) is 4.98 Å². The van der Waals surface area contributed by atoms with Crippen LogP contribution in [0.15, 0.2) is 18.3 Å². The van der Waals surface area contributed by atoms with Gasteiger partial charge in [0.1, 0.15) is 5.82 Å². The van der Waals surface area contributed by atoms with E-state index in [4.69, 9.17) is 5.11 Å². The van der Waals surface area contributed by atoms with E-state index in [-0.39, 0.29) is 12.2 Å². The Labute approximate surface area is 101 Å². The van der Waals surface area contributed by atoms with Crippen molar-refractivity contribution in [3.8, 4) is 0 Å². The van der Waals surface area contributed by atoms with Crippen molar-refractivity contribution in [1.29, 1.82) is 0 Å². The fourth-order valence-corrected chi connectivity index (χ4v) is 1.03. The van der Waals surface area contributed by atoms with E-state index in [1.807, 2.05) is 0 Å². The highest BCUT2D eigenvalue weighted by molar-refractivity contribution is 5.94. The first-order valence-corrected chi connectivity index (χ1v) is 5.05. The molecule has 0 aromatic carbocycles. The molecule has 0 aliphatic carbocycles. The number of hydrogen-bond donors (Lipinski definition) is 3. The van der Waals surface area contributed by atoms with E-state index in [1.54, 1.807) is 12.2 Å². The standard InChI is InChI=1S/C10H12F3N3O2/c1-6(17)4-14-8-3-2-7(5-15-8)16-9(18)10(11,12)13/h2-3,5-6,17H,4H2,1H3,(H,14,15)(H,16,18). The van der Waals surface area contributed by atoms with Gasteiger partial charge in [-0.15, -0.1) is 0 Å². The third kappa shape index (κ3) is 4.58. The summed E-state index contributed by atoms with van der Waals surface area (Å²) in [6.07, 6.45) is -4.41. The van der Waals surface area contributed by atoms with E-state index in [0.717, 1.165) is 6.20 Å². The van der Waals surface area contributed by atoms with Crippen molar-refractivity contribution >= 4 is 17.4 Å². The maximum atomic E-state index is 12.0. The predicted octanol–water partition coefficient (Wildman–Crippen LogP) is 1.38. The number of amides is 1. The molecule has 0 aliphatic rings. The molecule has 0 spiro atoms. The van der Waals surface area contributed by atoms with Crippen LogP contribution >= 0.6 is 0 Å².